The van der Waals surface area contributed by atoms with Crippen molar-refractivity contribution >= 4 is 28.8 Å². The maximum absolute atomic E-state index is 5.93. The Labute approximate surface area is 104 Å². The number of hydrogen-bond acceptors (Lipinski definition) is 4. The van der Waals surface area contributed by atoms with E-state index in [1.54, 1.807) is 23.1 Å². The van der Waals surface area contributed by atoms with Crippen LogP contribution in [0.5, 0.6) is 0 Å². The quantitative estimate of drug-likeness (QED) is 0.668. The molecule has 0 aliphatic heterocycles. The lowest BCUT2D eigenvalue weighted by atomic mass is 10.2. The Balaban J connectivity index is 2.07. The van der Waals surface area contributed by atoms with Gasteiger partial charge in [-0.1, -0.05) is 6.07 Å². The smallest absolute Gasteiger partial charge is 0.0897 e. The van der Waals surface area contributed by atoms with Crippen molar-refractivity contribution in [2.24, 2.45) is 0 Å². The molecule has 16 heavy (non-hydrogen) atoms. The molecule has 1 aromatic heterocycles. The fraction of sp³-hybridized carbons (Fsp3) is 0.250. The standard InChI is InChI=1S/C12H14N2S2/c1-8-3-4-11(13)12(5-8)15-7-10-6-14-9(2)16-10/h3-6H,7,13H2,1-2H3. The molecular weight excluding hydrogens is 236 g/mol. The van der Waals surface area contributed by atoms with Crippen LogP contribution in [0.2, 0.25) is 0 Å². The number of nitrogen functional groups attached to an aromatic ring is 1. The van der Waals surface area contributed by atoms with Gasteiger partial charge in [0, 0.05) is 27.4 Å². The summed E-state index contributed by atoms with van der Waals surface area (Å²) in [6.07, 6.45) is 1.94. The molecule has 0 amide bonds. The number of rotatable bonds is 3. The van der Waals surface area contributed by atoms with E-state index in [4.69, 9.17) is 5.73 Å². The molecule has 0 bridgehead atoms. The summed E-state index contributed by atoms with van der Waals surface area (Å²) in [5.41, 5.74) is 8.03. The molecule has 0 aliphatic rings. The minimum Gasteiger partial charge on any atom is -0.398 e. The number of thiazole rings is 1. The Morgan fingerprint density at radius 1 is 1.38 bits per heavy atom. The van der Waals surface area contributed by atoms with Crippen LogP contribution in [0.25, 0.3) is 0 Å². The average Bonchev–Trinajstić information content (AvgIpc) is 2.66. The Kier molecular flexibility index (Phi) is 3.51. The molecule has 0 atom stereocenters. The van der Waals surface area contributed by atoms with E-state index in [2.05, 4.69) is 18.0 Å². The van der Waals surface area contributed by atoms with E-state index in [0.717, 1.165) is 21.3 Å². The zero-order valence-corrected chi connectivity index (χ0v) is 11.0. The van der Waals surface area contributed by atoms with Crippen molar-refractivity contribution in [3.63, 3.8) is 0 Å². The molecule has 2 rings (SSSR count). The van der Waals surface area contributed by atoms with Gasteiger partial charge in [-0.25, -0.2) is 4.98 Å². The number of aromatic nitrogens is 1. The highest BCUT2D eigenvalue weighted by atomic mass is 32.2. The van der Waals surface area contributed by atoms with Gasteiger partial charge in [0.2, 0.25) is 0 Å². The number of nitrogens with two attached hydrogens (primary N) is 1. The molecule has 84 valence electrons. The maximum atomic E-state index is 5.93. The van der Waals surface area contributed by atoms with Gasteiger partial charge < -0.3 is 5.73 Å². The summed E-state index contributed by atoms with van der Waals surface area (Å²) in [5, 5.41) is 1.12. The van der Waals surface area contributed by atoms with Gasteiger partial charge in [-0.2, -0.15) is 0 Å². The predicted molar refractivity (Wildman–Crippen MR) is 72.0 cm³/mol. The van der Waals surface area contributed by atoms with E-state index in [9.17, 15) is 0 Å². The highest BCUT2D eigenvalue weighted by Gasteiger charge is 2.03. The molecule has 2 nitrogen and oxygen atoms in total. The van der Waals surface area contributed by atoms with Crippen LogP contribution < -0.4 is 5.73 Å². The number of hydrogen-bond donors (Lipinski definition) is 1. The predicted octanol–water partition coefficient (Wildman–Crippen LogP) is 3.63. The van der Waals surface area contributed by atoms with Gasteiger partial charge in [0.25, 0.3) is 0 Å². The van der Waals surface area contributed by atoms with E-state index in [1.165, 1.54) is 10.4 Å². The van der Waals surface area contributed by atoms with Crippen LogP contribution in [0, 0.1) is 13.8 Å². The van der Waals surface area contributed by atoms with Crippen molar-refractivity contribution in [3.05, 3.63) is 39.8 Å². The molecule has 2 N–H and O–H groups in total. The van der Waals surface area contributed by atoms with Crippen molar-refractivity contribution in [1.29, 1.82) is 0 Å². The van der Waals surface area contributed by atoms with Crippen molar-refractivity contribution in [2.75, 3.05) is 5.73 Å². The Bertz CT molecular complexity index is 492. The minimum absolute atomic E-state index is 0.858. The number of aryl methyl sites for hydroxylation is 2. The molecular formula is C12H14N2S2. The first-order valence-electron chi connectivity index (χ1n) is 5.05. The average molecular weight is 250 g/mol. The first kappa shape index (κ1) is 11.5. The Morgan fingerprint density at radius 3 is 2.88 bits per heavy atom. The van der Waals surface area contributed by atoms with Crippen LogP contribution in [-0.4, -0.2) is 4.98 Å². The van der Waals surface area contributed by atoms with Crippen LogP contribution in [0.3, 0.4) is 0 Å². The van der Waals surface area contributed by atoms with Crippen molar-refractivity contribution in [1.82, 2.24) is 4.98 Å². The number of thioether (sulfide) groups is 1. The van der Waals surface area contributed by atoms with Crippen molar-refractivity contribution in [2.45, 2.75) is 24.5 Å². The topological polar surface area (TPSA) is 38.9 Å². The van der Waals surface area contributed by atoms with Gasteiger partial charge in [-0.05, 0) is 31.5 Å². The summed E-state index contributed by atoms with van der Waals surface area (Å²) >= 11 is 3.52. The molecule has 1 aromatic carbocycles. The highest BCUT2D eigenvalue weighted by molar-refractivity contribution is 7.98. The molecule has 1 heterocycles. The van der Waals surface area contributed by atoms with Gasteiger partial charge in [-0.15, -0.1) is 23.1 Å². The summed E-state index contributed by atoms with van der Waals surface area (Å²) in [4.78, 5) is 6.70. The van der Waals surface area contributed by atoms with E-state index in [1.807, 2.05) is 25.3 Å². The van der Waals surface area contributed by atoms with Gasteiger partial charge in [0.1, 0.15) is 0 Å². The Morgan fingerprint density at radius 2 is 2.19 bits per heavy atom. The van der Waals surface area contributed by atoms with Crippen LogP contribution in [-0.2, 0) is 5.75 Å². The highest BCUT2D eigenvalue weighted by Crippen LogP contribution is 2.30. The third kappa shape index (κ3) is 2.77. The first-order valence-corrected chi connectivity index (χ1v) is 6.85. The summed E-state index contributed by atoms with van der Waals surface area (Å²) < 4.78 is 0. The third-order valence-corrected chi connectivity index (χ3v) is 4.42. The second kappa shape index (κ2) is 4.89. The summed E-state index contributed by atoms with van der Waals surface area (Å²) in [6, 6.07) is 6.14. The van der Waals surface area contributed by atoms with Gasteiger partial charge in [-0.3, -0.25) is 0 Å². The monoisotopic (exact) mass is 250 g/mol. The second-order valence-electron chi connectivity index (χ2n) is 3.68. The second-order valence-corrected chi connectivity index (χ2v) is 6.01. The molecule has 0 unspecified atom stereocenters. The van der Waals surface area contributed by atoms with Crippen LogP contribution in [0.4, 0.5) is 5.69 Å². The molecule has 0 spiro atoms. The van der Waals surface area contributed by atoms with E-state index >= 15 is 0 Å². The zero-order chi connectivity index (χ0) is 11.5. The summed E-state index contributed by atoms with van der Waals surface area (Å²) in [7, 11) is 0. The fourth-order valence-corrected chi connectivity index (χ4v) is 3.27. The fourth-order valence-electron chi connectivity index (χ4n) is 1.39. The molecule has 4 heteroatoms. The lowest BCUT2D eigenvalue weighted by Gasteiger charge is -2.05. The minimum atomic E-state index is 0.858. The van der Waals surface area contributed by atoms with Gasteiger partial charge >= 0.3 is 0 Å². The largest absolute Gasteiger partial charge is 0.398 e. The van der Waals surface area contributed by atoms with E-state index in [0.29, 0.717) is 0 Å². The van der Waals surface area contributed by atoms with Crippen LogP contribution in [0.15, 0.2) is 29.3 Å². The van der Waals surface area contributed by atoms with Crippen molar-refractivity contribution in [3.8, 4) is 0 Å². The normalized spacial score (nSPS) is 10.6. The number of nitrogens with zero attached hydrogens (tertiary/aromatic N) is 1. The van der Waals surface area contributed by atoms with Crippen LogP contribution in [0.1, 0.15) is 15.4 Å². The molecule has 0 aliphatic carbocycles. The lowest BCUT2D eigenvalue weighted by Crippen LogP contribution is -1.89. The lowest BCUT2D eigenvalue weighted by molar-refractivity contribution is 1.28. The molecule has 2 aromatic rings. The third-order valence-electron chi connectivity index (χ3n) is 2.21. The zero-order valence-electron chi connectivity index (χ0n) is 9.36. The first-order chi connectivity index (χ1) is 7.65. The molecule has 0 fully saturated rings. The molecule has 0 saturated carbocycles. The number of benzene rings is 1. The Hall–Kier alpha value is -1.000. The van der Waals surface area contributed by atoms with Gasteiger partial charge in [0.05, 0.1) is 5.01 Å². The van der Waals surface area contributed by atoms with Crippen molar-refractivity contribution < 1.29 is 0 Å². The molecule has 0 radical (unpaired) electrons. The summed E-state index contributed by atoms with van der Waals surface area (Å²) in [5.74, 6) is 0.944. The van der Waals surface area contributed by atoms with E-state index < -0.39 is 0 Å². The number of anilines is 1. The SMILES string of the molecule is Cc1ccc(N)c(SCc2cnc(C)s2)c1. The van der Waals surface area contributed by atoms with Crippen LogP contribution >= 0.6 is 23.1 Å². The van der Waals surface area contributed by atoms with E-state index in [-0.39, 0.29) is 0 Å². The van der Waals surface area contributed by atoms with Gasteiger partial charge in [0.15, 0.2) is 0 Å². The maximum Gasteiger partial charge on any atom is 0.0897 e. The molecule has 0 saturated heterocycles. The summed E-state index contributed by atoms with van der Waals surface area (Å²) in [6.45, 7) is 4.11.